The van der Waals surface area contributed by atoms with Crippen LogP contribution in [0.25, 0.3) is 0 Å². The van der Waals surface area contributed by atoms with Crippen molar-refractivity contribution in [1.82, 2.24) is 0 Å². The van der Waals surface area contributed by atoms with Crippen molar-refractivity contribution in [3.05, 3.63) is 34.3 Å². The van der Waals surface area contributed by atoms with E-state index in [0.717, 1.165) is 4.47 Å². The molecule has 0 bridgehead atoms. The highest BCUT2D eigenvalue weighted by atomic mass is 79.9. The van der Waals surface area contributed by atoms with Crippen molar-refractivity contribution in [2.45, 2.75) is 31.7 Å². The van der Waals surface area contributed by atoms with Crippen LogP contribution in [0, 0.1) is 5.92 Å². The van der Waals surface area contributed by atoms with Crippen LogP contribution >= 0.6 is 28.1 Å². The highest BCUT2D eigenvalue weighted by molar-refractivity contribution is 9.10. The molecule has 16 heavy (non-hydrogen) atoms. The third kappa shape index (κ3) is 2.79. The van der Waals surface area contributed by atoms with Crippen molar-refractivity contribution in [2.24, 2.45) is 10.9 Å². The fraction of sp³-hybridized carbons (Fsp3) is 0.462. The highest BCUT2D eigenvalue weighted by Gasteiger charge is 2.25. The van der Waals surface area contributed by atoms with Gasteiger partial charge in [0, 0.05) is 4.47 Å². The molecular weight excluding hydrogens is 282 g/mol. The van der Waals surface area contributed by atoms with Crippen LogP contribution in [0.1, 0.15) is 37.3 Å². The second-order valence-corrected chi connectivity index (χ2v) is 5.36. The maximum absolute atomic E-state index is 4.77. The van der Waals surface area contributed by atoms with Gasteiger partial charge >= 0.3 is 0 Å². The molecule has 0 saturated heterocycles. The molecule has 0 radical (unpaired) electrons. The standard InChI is InChI=1S/C13H14BrNS/c14-12-7-3-6-11(8-12)13(15-9-16)10-4-1-2-5-10/h3,6-8,10,13H,1-2,4-5H2. The van der Waals surface area contributed by atoms with Crippen LogP contribution in [0.3, 0.4) is 0 Å². The molecule has 84 valence electrons. The molecule has 1 aliphatic rings. The van der Waals surface area contributed by atoms with E-state index >= 15 is 0 Å². The van der Waals surface area contributed by atoms with Gasteiger partial charge in [-0.05, 0) is 48.7 Å². The largest absolute Gasteiger partial charge is 0.224 e. The van der Waals surface area contributed by atoms with Crippen LogP contribution in [0.4, 0.5) is 0 Å². The number of nitrogens with zero attached hydrogens (tertiary/aromatic N) is 1. The summed E-state index contributed by atoms with van der Waals surface area (Å²) in [5, 5.41) is 2.56. The molecule has 0 spiro atoms. The Morgan fingerprint density at radius 3 is 2.75 bits per heavy atom. The first kappa shape index (κ1) is 12.0. The summed E-state index contributed by atoms with van der Waals surface area (Å²) in [5.41, 5.74) is 1.25. The van der Waals surface area contributed by atoms with E-state index in [1.54, 1.807) is 0 Å². The maximum atomic E-state index is 4.77. The van der Waals surface area contributed by atoms with Gasteiger partial charge in [-0.2, -0.15) is 0 Å². The SMILES string of the molecule is S=C=NC(c1cccc(Br)c1)C1CCCC1. The Hall–Kier alpha value is -0.500. The van der Waals surface area contributed by atoms with Crippen molar-refractivity contribution < 1.29 is 0 Å². The van der Waals surface area contributed by atoms with Gasteiger partial charge in [0.2, 0.25) is 0 Å². The van der Waals surface area contributed by atoms with Gasteiger partial charge in [-0.3, -0.25) is 0 Å². The van der Waals surface area contributed by atoms with E-state index in [1.165, 1.54) is 31.2 Å². The zero-order chi connectivity index (χ0) is 11.4. The third-order valence-corrected chi connectivity index (χ3v) is 3.83. The number of halogens is 1. The topological polar surface area (TPSA) is 12.4 Å². The van der Waals surface area contributed by atoms with Gasteiger partial charge in [0.25, 0.3) is 0 Å². The molecule has 0 amide bonds. The Kier molecular flexibility index (Phi) is 4.28. The van der Waals surface area contributed by atoms with Gasteiger partial charge < -0.3 is 0 Å². The zero-order valence-corrected chi connectivity index (χ0v) is 11.4. The van der Waals surface area contributed by atoms with Crippen LogP contribution in [0.2, 0.25) is 0 Å². The molecule has 1 aliphatic carbocycles. The molecule has 1 aromatic rings. The second kappa shape index (κ2) is 5.72. The predicted octanol–water partition coefficient (Wildman–Crippen LogP) is 4.78. The van der Waals surface area contributed by atoms with Crippen molar-refractivity contribution in [3.8, 4) is 0 Å². The summed E-state index contributed by atoms with van der Waals surface area (Å²) in [7, 11) is 0. The van der Waals surface area contributed by atoms with Gasteiger partial charge in [0.1, 0.15) is 0 Å². The predicted molar refractivity (Wildman–Crippen MR) is 73.9 cm³/mol. The number of rotatable bonds is 3. The first-order valence-electron chi connectivity index (χ1n) is 5.63. The Morgan fingerprint density at radius 2 is 2.12 bits per heavy atom. The van der Waals surface area contributed by atoms with Crippen LogP contribution in [0.15, 0.2) is 33.7 Å². The molecule has 1 saturated carbocycles. The molecule has 0 aromatic heterocycles. The molecule has 0 aliphatic heterocycles. The Labute approximate surface area is 110 Å². The van der Waals surface area contributed by atoms with Gasteiger partial charge in [-0.25, -0.2) is 4.99 Å². The summed E-state index contributed by atoms with van der Waals surface area (Å²) in [6.07, 6.45) is 5.17. The molecule has 1 aromatic carbocycles. The Morgan fingerprint density at radius 1 is 1.38 bits per heavy atom. The lowest BCUT2D eigenvalue weighted by Crippen LogP contribution is -2.07. The lowest BCUT2D eigenvalue weighted by atomic mass is 9.92. The van der Waals surface area contributed by atoms with Crippen molar-refractivity contribution >= 4 is 33.3 Å². The summed E-state index contributed by atoms with van der Waals surface area (Å²) in [4.78, 5) is 4.36. The number of hydrogen-bond acceptors (Lipinski definition) is 2. The van der Waals surface area contributed by atoms with Gasteiger partial charge in [-0.1, -0.05) is 40.9 Å². The maximum Gasteiger partial charge on any atom is 0.0880 e. The normalized spacial score (nSPS) is 18.1. The average Bonchev–Trinajstić information content (AvgIpc) is 2.79. The fourth-order valence-electron chi connectivity index (χ4n) is 2.47. The van der Waals surface area contributed by atoms with Crippen molar-refractivity contribution in [1.29, 1.82) is 0 Å². The van der Waals surface area contributed by atoms with E-state index in [4.69, 9.17) is 12.2 Å². The van der Waals surface area contributed by atoms with E-state index in [-0.39, 0.29) is 6.04 Å². The van der Waals surface area contributed by atoms with E-state index in [0.29, 0.717) is 5.92 Å². The number of hydrogen-bond donors (Lipinski definition) is 0. The number of benzene rings is 1. The number of aliphatic imine (C=N–C) groups is 1. The summed E-state index contributed by atoms with van der Waals surface area (Å²) in [6.45, 7) is 0. The minimum absolute atomic E-state index is 0.206. The van der Waals surface area contributed by atoms with Crippen LogP contribution in [0.5, 0.6) is 0 Å². The van der Waals surface area contributed by atoms with E-state index < -0.39 is 0 Å². The van der Waals surface area contributed by atoms with Crippen LogP contribution in [-0.4, -0.2) is 5.16 Å². The monoisotopic (exact) mass is 295 g/mol. The minimum Gasteiger partial charge on any atom is -0.224 e. The summed E-state index contributed by atoms with van der Waals surface area (Å²) in [5.74, 6) is 0.643. The average molecular weight is 296 g/mol. The zero-order valence-electron chi connectivity index (χ0n) is 9.03. The minimum atomic E-state index is 0.206. The Bertz CT molecular complexity index is 406. The molecule has 0 N–H and O–H groups in total. The first-order chi connectivity index (χ1) is 7.81. The number of isothiocyanates is 1. The quantitative estimate of drug-likeness (QED) is 0.577. The smallest absolute Gasteiger partial charge is 0.0880 e. The molecule has 1 unspecified atom stereocenters. The molecule has 1 atom stereocenters. The van der Waals surface area contributed by atoms with Crippen molar-refractivity contribution in [2.75, 3.05) is 0 Å². The van der Waals surface area contributed by atoms with Gasteiger partial charge in [0.05, 0.1) is 11.2 Å². The van der Waals surface area contributed by atoms with E-state index in [2.05, 4.69) is 44.3 Å². The summed E-state index contributed by atoms with van der Waals surface area (Å²) < 4.78 is 1.10. The van der Waals surface area contributed by atoms with Crippen molar-refractivity contribution in [3.63, 3.8) is 0 Å². The first-order valence-corrected chi connectivity index (χ1v) is 6.84. The highest BCUT2D eigenvalue weighted by Crippen LogP contribution is 2.38. The summed E-state index contributed by atoms with van der Waals surface area (Å²) >= 11 is 8.27. The molecule has 1 fully saturated rings. The van der Waals surface area contributed by atoms with Crippen LogP contribution < -0.4 is 0 Å². The third-order valence-electron chi connectivity index (χ3n) is 3.23. The lowest BCUT2D eigenvalue weighted by molar-refractivity contribution is 0.449. The lowest BCUT2D eigenvalue weighted by Gasteiger charge is -2.18. The Balaban J connectivity index is 2.27. The van der Waals surface area contributed by atoms with Crippen LogP contribution in [-0.2, 0) is 0 Å². The molecule has 3 heteroatoms. The fourth-order valence-corrected chi connectivity index (χ4v) is 3.00. The molecule has 2 rings (SSSR count). The van der Waals surface area contributed by atoms with E-state index in [1.807, 2.05) is 6.07 Å². The molecular formula is C13H14BrNS. The van der Waals surface area contributed by atoms with Gasteiger partial charge in [-0.15, -0.1) is 0 Å². The van der Waals surface area contributed by atoms with Gasteiger partial charge in [0.15, 0.2) is 0 Å². The summed E-state index contributed by atoms with van der Waals surface area (Å²) in [6, 6.07) is 8.57. The molecule has 1 nitrogen and oxygen atoms in total. The van der Waals surface area contributed by atoms with E-state index in [9.17, 15) is 0 Å². The second-order valence-electron chi connectivity index (χ2n) is 4.26. The molecule has 0 heterocycles. The number of thiocarbonyl (C=S) groups is 1.